The summed E-state index contributed by atoms with van der Waals surface area (Å²) in [5.74, 6) is 0.542. The zero-order valence-corrected chi connectivity index (χ0v) is 12.7. The summed E-state index contributed by atoms with van der Waals surface area (Å²) in [7, 11) is 0. The molecular weight excluding hydrogens is 280 g/mol. The Hall–Kier alpha value is -1.07. The number of likely N-dealkylation sites (tertiary alicyclic amines) is 1. The fourth-order valence-corrected chi connectivity index (χ4v) is 3.81. The Bertz CT molecular complexity index is 497. The summed E-state index contributed by atoms with van der Waals surface area (Å²) in [6.07, 6.45) is 2.92. The molecule has 1 N–H and O–H groups in total. The van der Waals surface area contributed by atoms with Gasteiger partial charge >= 0.3 is 5.97 Å². The van der Waals surface area contributed by atoms with Crippen molar-refractivity contribution in [3.63, 3.8) is 0 Å². The number of aromatic nitrogens is 1. The standard InChI is InChI=1S/C14H20N2O3.ClH/c1-9-12(10(2)19-15-9)7-16-6-11-4-3-5-14(11,8-16)13(17)18;/h11H,3-8H2,1-2H3,(H,17,18);1H/t11-,14+;/m0./s1. The van der Waals surface area contributed by atoms with Crippen LogP contribution in [0.3, 0.4) is 0 Å². The Kier molecular flexibility index (Phi) is 4.12. The summed E-state index contributed by atoms with van der Waals surface area (Å²) in [6, 6.07) is 0. The molecule has 2 heterocycles. The van der Waals surface area contributed by atoms with Crippen molar-refractivity contribution < 1.29 is 14.4 Å². The molecule has 1 aromatic rings. The van der Waals surface area contributed by atoms with Gasteiger partial charge in [0.25, 0.3) is 0 Å². The van der Waals surface area contributed by atoms with Crippen molar-refractivity contribution >= 4 is 18.4 Å². The number of carbonyl (C=O) groups is 1. The number of hydrogen-bond donors (Lipinski definition) is 1. The van der Waals surface area contributed by atoms with E-state index in [1.165, 1.54) is 0 Å². The van der Waals surface area contributed by atoms with Crippen molar-refractivity contribution in [3.8, 4) is 0 Å². The molecule has 1 saturated carbocycles. The molecule has 3 rings (SSSR count). The molecule has 2 aliphatic rings. The highest BCUT2D eigenvalue weighted by atomic mass is 35.5. The van der Waals surface area contributed by atoms with E-state index in [0.29, 0.717) is 12.5 Å². The molecule has 0 spiro atoms. The minimum atomic E-state index is -0.615. The molecule has 1 saturated heterocycles. The number of aliphatic carboxylic acids is 1. The van der Waals surface area contributed by atoms with Crippen LogP contribution in [0.15, 0.2) is 4.52 Å². The average Bonchev–Trinajstić information content (AvgIpc) is 2.97. The van der Waals surface area contributed by atoms with Gasteiger partial charge in [-0.1, -0.05) is 11.6 Å². The number of hydrogen-bond acceptors (Lipinski definition) is 4. The van der Waals surface area contributed by atoms with Crippen LogP contribution in [-0.2, 0) is 11.3 Å². The predicted molar refractivity (Wildman–Crippen MR) is 75.9 cm³/mol. The Morgan fingerprint density at radius 3 is 2.85 bits per heavy atom. The molecule has 0 amide bonds. The van der Waals surface area contributed by atoms with Gasteiger partial charge in [-0.2, -0.15) is 0 Å². The second kappa shape index (κ2) is 5.37. The summed E-state index contributed by atoms with van der Waals surface area (Å²) < 4.78 is 5.18. The quantitative estimate of drug-likeness (QED) is 0.928. The normalized spacial score (nSPS) is 29.2. The zero-order chi connectivity index (χ0) is 13.6. The number of fused-ring (bicyclic) bond motifs is 1. The van der Waals surface area contributed by atoms with Gasteiger partial charge in [0.2, 0.25) is 0 Å². The van der Waals surface area contributed by atoms with Gasteiger partial charge in [-0.3, -0.25) is 9.69 Å². The molecule has 2 fully saturated rings. The topological polar surface area (TPSA) is 66.6 Å². The van der Waals surface area contributed by atoms with Crippen molar-refractivity contribution in [1.82, 2.24) is 10.1 Å². The lowest BCUT2D eigenvalue weighted by Gasteiger charge is -2.23. The summed E-state index contributed by atoms with van der Waals surface area (Å²) in [4.78, 5) is 13.9. The third-order valence-corrected chi connectivity index (χ3v) is 4.93. The lowest BCUT2D eigenvalue weighted by molar-refractivity contribution is -0.149. The van der Waals surface area contributed by atoms with Crippen molar-refractivity contribution in [3.05, 3.63) is 17.0 Å². The van der Waals surface area contributed by atoms with E-state index in [9.17, 15) is 9.90 Å². The molecule has 1 aliphatic heterocycles. The molecule has 0 bridgehead atoms. The summed E-state index contributed by atoms with van der Waals surface area (Å²) >= 11 is 0. The summed E-state index contributed by atoms with van der Waals surface area (Å²) in [5, 5.41) is 13.5. The largest absolute Gasteiger partial charge is 0.481 e. The average molecular weight is 301 g/mol. The first kappa shape index (κ1) is 15.3. The first-order valence-corrected chi connectivity index (χ1v) is 6.90. The fraction of sp³-hybridized carbons (Fsp3) is 0.714. The van der Waals surface area contributed by atoms with Crippen LogP contribution in [0.5, 0.6) is 0 Å². The third kappa shape index (κ3) is 2.23. The van der Waals surface area contributed by atoms with Crippen LogP contribution >= 0.6 is 12.4 Å². The van der Waals surface area contributed by atoms with E-state index >= 15 is 0 Å². The SMILES string of the molecule is Cc1noc(C)c1CN1C[C@@H]2CCC[C@@]2(C(=O)O)C1.Cl. The van der Waals surface area contributed by atoms with E-state index in [2.05, 4.69) is 10.1 Å². The van der Waals surface area contributed by atoms with E-state index in [-0.39, 0.29) is 12.4 Å². The number of carboxylic acids is 1. The monoisotopic (exact) mass is 300 g/mol. The summed E-state index contributed by atoms with van der Waals surface area (Å²) in [6.45, 7) is 6.16. The minimum Gasteiger partial charge on any atom is -0.481 e. The van der Waals surface area contributed by atoms with Gasteiger partial charge < -0.3 is 9.63 Å². The van der Waals surface area contributed by atoms with Crippen LogP contribution < -0.4 is 0 Å². The van der Waals surface area contributed by atoms with Crippen LogP contribution in [0.2, 0.25) is 0 Å². The molecule has 6 heteroatoms. The highest BCUT2D eigenvalue weighted by Gasteiger charge is 2.54. The Morgan fingerprint density at radius 2 is 2.30 bits per heavy atom. The second-order valence-corrected chi connectivity index (χ2v) is 6.02. The molecular formula is C14H21ClN2O3. The molecule has 112 valence electrons. The minimum absolute atomic E-state index is 0. The molecule has 2 atom stereocenters. The highest BCUT2D eigenvalue weighted by Crippen LogP contribution is 2.49. The smallest absolute Gasteiger partial charge is 0.311 e. The van der Waals surface area contributed by atoms with E-state index in [4.69, 9.17) is 4.52 Å². The Balaban J connectivity index is 0.00000147. The van der Waals surface area contributed by atoms with Crippen LogP contribution in [0.1, 0.15) is 36.3 Å². The fourth-order valence-electron chi connectivity index (χ4n) is 3.81. The van der Waals surface area contributed by atoms with Crippen LogP contribution in [-0.4, -0.2) is 34.2 Å². The first-order chi connectivity index (χ1) is 9.03. The van der Waals surface area contributed by atoms with Gasteiger partial charge in [0.15, 0.2) is 0 Å². The van der Waals surface area contributed by atoms with Crippen molar-refractivity contribution in [2.45, 2.75) is 39.7 Å². The maximum Gasteiger partial charge on any atom is 0.311 e. The molecule has 20 heavy (non-hydrogen) atoms. The number of carboxylic acid groups (broad SMARTS) is 1. The molecule has 0 radical (unpaired) electrons. The Labute approximate surface area is 124 Å². The van der Waals surface area contributed by atoms with Gasteiger partial charge in [-0.05, 0) is 32.6 Å². The van der Waals surface area contributed by atoms with Gasteiger partial charge in [0.05, 0.1) is 11.1 Å². The third-order valence-electron chi connectivity index (χ3n) is 4.93. The predicted octanol–water partition coefficient (Wildman–Crippen LogP) is 2.40. The van der Waals surface area contributed by atoms with Gasteiger partial charge in [-0.15, -0.1) is 12.4 Å². The van der Waals surface area contributed by atoms with Gasteiger partial charge in [0.1, 0.15) is 5.76 Å². The van der Waals surface area contributed by atoms with Crippen LogP contribution in [0.25, 0.3) is 0 Å². The zero-order valence-electron chi connectivity index (χ0n) is 11.9. The maximum absolute atomic E-state index is 11.6. The van der Waals surface area contributed by atoms with Crippen molar-refractivity contribution in [2.24, 2.45) is 11.3 Å². The Morgan fingerprint density at radius 1 is 1.55 bits per heavy atom. The highest BCUT2D eigenvalue weighted by molar-refractivity contribution is 5.85. The van der Waals surface area contributed by atoms with E-state index in [1.54, 1.807) is 0 Å². The number of rotatable bonds is 3. The molecule has 0 aromatic carbocycles. The van der Waals surface area contributed by atoms with E-state index in [0.717, 1.165) is 49.4 Å². The maximum atomic E-state index is 11.6. The van der Waals surface area contributed by atoms with Crippen molar-refractivity contribution in [2.75, 3.05) is 13.1 Å². The number of nitrogens with zero attached hydrogens (tertiary/aromatic N) is 2. The van der Waals surface area contributed by atoms with Gasteiger partial charge in [-0.25, -0.2) is 0 Å². The molecule has 1 aromatic heterocycles. The molecule has 5 nitrogen and oxygen atoms in total. The summed E-state index contributed by atoms with van der Waals surface area (Å²) in [5.41, 5.74) is 1.53. The van der Waals surface area contributed by atoms with Crippen molar-refractivity contribution in [1.29, 1.82) is 0 Å². The first-order valence-electron chi connectivity index (χ1n) is 6.90. The second-order valence-electron chi connectivity index (χ2n) is 6.02. The van der Waals surface area contributed by atoms with E-state index in [1.807, 2.05) is 13.8 Å². The number of halogens is 1. The van der Waals surface area contributed by atoms with Crippen LogP contribution in [0.4, 0.5) is 0 Å². The molecule has 0 unspecified atom stereocenters. The number of aryl methyl sites for hydroxylation is 2. The van der Waals surface area contributed by atoms with Crippen LogP contribution in [0, 0.1) is 25.2 Å². The lowest BCUT2D eigenvalue weighted by atomic mass is 9.81. The van der Waals surface area contributed by atoms with Gasteiger partial charge in [0, 0.05) is 25.2 Å². The lowest BCUT2D eigenvalue weighted by Crippen LogP contribution is -2.35. The molecule has 1 aliphatic carbocycles. The van der Waals surface area contributed by atoms with E-state index < -0.39 is 11.4 Å².